The second kappa shape index (κ2) is 6.13. The van der Waals surface area contributed by atoms with Gasteiger partial charge in [-0.1, -0.05) is 34.6 Å². The topological polar surface area (TPSA) is 105 Å². The van der Waals surface area contributed by atoms with Gasteiger partial charge < -0.3 is 21.3 Å². The molecule has 1 aliphatic carbocycles. The molecular formula is C19H34N4O3. The molecule has 0 aromatic carbocycles. The van der Waals surface area contributed by atoms with Gasteiger partial charge in [-0.05, 0) is 43.4 Å². The largest absolute Gasteiger partial charge is 0.368 e. The Balaban J connectivity index is 2.20. The Labute approximate surface area is 156 Å². The lowest BCUT2D eigenvalue weighted by Crippen LogP contribution is -2.61. The zero-order chi connectivity index (χ0) is 20.2. The second-order valence-electron chi connectivity index (χ2n) is 10.4. The van der Waals surface area contributed by atoms with Crippen molar-refractivity contribution >= 4 is 17.8 Å². The molecule has 0 aromatic heterocycles. The summed E-state index contributed by atoms with van der Waals surface area (Å²) in [6.07, 6.45) is 0. The molecule has 7 heteroatoms. The SMILES string of the molecule is CC(C)(C)NC(=O)N[C@H](C(=O)N1CC2C([C@H]1C(N)=O)C2(C)C)C(C)(C)C. The number of carbonyl (C=O) groups excluding carboxylic acids is 3. The van der Waals surface area contributed by atoms with Gasteiger partial charge in [-0.25, -0.2) is 4.79 Å². The lowest BCUT2D eigenvalue weighted by atomic mass is 9.85. The first-order valence-electron chi connectivity index (χ1n) is 9.26. The van der Waals surface area contributed by atoms with Crippen molar-refractivity contribution in [2.24, 2.45) is 28.4 Å². The molecule has 7 nitrogen and oxygen atoms in total. The lowest BCUT2D eigenvalue weighted by Gasteiger charge is -2.37. The van der Waals surface area contributed by atoms with Crippen LogP contribution in [0.15, 0.2) is 0 Å². The molecule has 4 amide bonds. The number of nitrogens with zero attached hydrogens (tertiary/aromatic N) is 1. The molecule has 148 valence electrons. The van der Waals surface area contributed by atoms with E-state index in [0.717, 1.165) is 0 Å². The summed E-state index contributed by atoms with van der Waals surface area (Å²) >= 11 is 0. The zero-order valence-electron chi connectivity index (χ0n) is 17.3. The first kappa shape index (κ1) is 20.5. The molecule has 1 saturated carbocycles. The van der Waals surface area contributed by atoms with Gasteiger partial charge in [0.25, 0.3) is 0 Å². The second-order valence-corrected chi connectivity index (χ2v) is 10.4. The van der Waals surface area contributed by atoms with Crippen LogP contribution in [-0.4, -0.2) is 46.9 Å². The van der Waals surface area contributed by atoms with Gasteiger partial charge in [-0.15, -0.1) is 0 Å². The van der Waals surface area contributed by atoms with Gasteiger partial charge in [0.2, 0.25) is 11.8 Å². The molecule has 4 N–H and O–H groups in total. The van der Waals surface area contributed by atoms with Crippen molar-refractivity contribution in [3.05, 3.63) is 0 Å². The molecule has 2 aliphatic rings. The smallest absolute Gasteiger partial charge is 0.315 e. The maximum absolute atomic E-state index is 13.3. The number of piperidine rings is 1. The molecule has 0 radical (unpaired) electrons. The van der Waals surface area contributed by atoms with Crippen molar-refractivity contribution in [1.82, 2.24) is 15.5 Å². The molecule has 1 heterocycles. The molecular weight excluding hydrogens is 332 g/mol. The van der Waals surface area contributed by atoms with E-state index in [-0.39, 0.29) is 23.2 Å². The van der Waals surface area contributed by atoms with E-state index >= 15 is 0 Å². The fourth-order valence-electron chi connectivity index (χ4n) is 4.16. The number of hydrogen-bond acceptors (Lipinski definition) is 3. The van der Waals surface area contributed by atoms with Crippen LogP contribution in [-0.2, 0) is 9.59 Å². The highest BCUT2D eigenvalue weighted by molar-refractivity contribution is 5.93. The van der Waals surface area contributed by atoms with Gasteiger partial charge in [0, 0.05) is 12.1 Å². The van der Waals surface area contributed by atoms with Crippen LogP contribution < -0.4 is 16.4 Å². The summed E-state index contributed by atoms with van der Waals surface area (Å²) in [5, 5.41) is 5.63. The Morgan fingerprint density at radius 3 is 2.08 bits per heavy atom. The highest BCUT2D eigenvalue weighted by atomic mass is 16.2. The van der Waals surface area contributed by atoms with E-state index in [4.69, 9.17) is 5.73 Å². The van der Waals surface area contributed by atoms with Crippen molar-refractivity contribution in [2.45, 2.75) is 73.0 Å². The number of nitrogens with one attached hydrogen (secondary N) is 2. The number of nitrogens with two attached hydrogens (primary N) is 1. The van der Waals surface area contributed by atoms with Crippen molar-refractivity contribution in [2.75, 3.05) is 6.54 Å². The van der Waals surface area contributed by atoms with Crippen LogP contribution >= 0.6 is 0 Å². The molecule has 1 aliphatic heterocycles. The summed E-state index contributed by atoms with van der Waals surface area (Å²) in [7, 11) is 0. The predicted octanol–water partition coefficient (Wildman–Crippen LogP) is 1.47. The van der Waals surface area contributed by atoms with E-state index < -0.39 is 35.0 Å². The highest BCUT2D eigenvalue weighted by Gasteiger charge is 2.69. The molecule has 26 heavy (non-hydrogen) atoms. The Bertz CT molecular complexity index is 615. The van der Waals surface area contributed by atoms with Crippen LogP contribution in [0.1, 0.15) is 55.4 Å². The summed E-state index contributed by atoms with van der Waals surface area (Å²) < 4.78 is 0. The zero-order valence-corrected chi connectivity index (χ0v) is 17.3. The molecule has 2 unspecified atom stereocenters. The van der Waals surface area contributed by atoms with E-state index in [9.17, 15) is 14.4 Å². The fraction of sp³-hybridized carbons (Fsp3) is 0.842. The highest BCUT2D eigenvalue weighted by Crippen LogP contribution is 2.64. The average Bonchev–Trinajstić information content (AvgIpc) is 2.81. The van der Waals surface area contributed by atoms with Crippen molar-refractivity contribution in [1.29, 1.82) is 0 Å². The average molecular weight is 367 g/mol. The number of amides is 4. The Kier molecular flexibility index (Phi) is 4.84. The molecule has 2 fully saturated rings. The Morgan fingerprint density at radius 1 is 1.12 bits per heavy atom. The third kappa shape index (κ3) is 3.81. The van der Waals surface area contributed by atoms with Gasteiger partial charge in [0.15, 0.2) is 0 Å². The van der Waals surface area contributed by atoms with E-state index in [0.29, 0.717) is 6.54 Å². The monoisotopic (exact) mass is 366 g/mol. The minimum Gasteiger partial charge on any atom is -0.368 e. The summed E-state index contributed by atoms with van der Waals surface area (Å²) in [6, 6.07) is -1.74. The number of urea groups is 1. The van der Waals surface area contributed by atoms with E-state index in [1.165, 1.54) is 0 Å². The van der Waals surface area contributed by atoms with E-state index in [1.54, 1.807) is 4.90 Å². The molecule has 0 spiro atoms. The predicted molar refractivity (Wildman–Crippen MR) is 100 cm³/mol. The van der Waals surface area contributed by atoms with Crippen LogP contribution in [0.3, 0.4) is 0 Å². The van der Waals surface area contributed by atoms with Crippen LogP contribution in [0.4, 0.5) is 4.79 Å². The first-order valence-corrected chi connectivity index (χ1v) is 9.26. The minimum atomic E-state index is -0.743. The first-order chi connectivity index (χ1) is 11.6. The van der Waals surface area contributed by atoms with Gasteiger partial charge in [0.1, 0.15) is 12.1 Å². The summed E-state index contributed by atoms with van der Waals surface area (Å²) in [6.45, 7) is 16.0. The standard InChI is InChI=1S/C19H34N4O3/c1-17(2,3)13(21-16(26)22-18(4,5)6)15(25)23-9-10-11(19(10,7)8)12(23)14(20)24/h10-13H,9H2,1-8H3,(H2,20,24)(H2,21,22,26)/t10?,11?,12-,13+/m0/s1. The van der Waals surface area contributed by atoms with Crippen molar-refractivity contribution in [3.8, 4) is 0 Å². The van der Waals surface area contributed by atoms with Gasteiger partial charge in [-0.2, -0.15) is 0 Å². The maximum Gasteiger partial charge on any atom is 0.315 e. The van der Waals surface area contributed by atoms with Gasteiger partial charge >= 0.3 is 6.03 Å². The van der Waals surface area contributed by atoms with Crippen LogP contribution in [0.2, 0.25) is 0 Å². The molecule has 2 rings (SSSR count). The number of hydrogen-bond donors (Lipinski definition) is 3. The van der Waals surface area contributed by atoms with Gasteiger partial charge in [0.05, 0.1) is 0 Å². The van der Waals surface area contributed by atoms with Gasteiger partial charge in [-0.3, -0.25) is 9.59 Å². The quantitative estimate of drug-likeness (QED) is 0.704. The molecule has 1 saturated heterocycles. The third-order valence-corrected chi connectivity index (χ3v) is 5.66. The third-order valence-electron chi connectivity index (χ3n) is 5.66. The van der Waals surface area contributed by atoms with Crippen LogP contribution in [0.25, 0.3) is 0 Å². The number of primary amides is 1. The number of likely N-dealkylation sites (tertiary alicyclic amines) is 1. The normalized spacial score (nSPS) is 28.2. The fourth-order valence-corrected chi connectivity index (χ4v) is 4.16. The number of rotatable bonds is 3. The number of carbonyl (C=O) groups is 3. The molecule has 0 aromatic rings. The maximum atomic E-state index is 13.3. The molecule has 0 bridgehead atoms. The summed E-state index contributed by atoms with van der Waals surface area (Å²) in [5.41, 5.74) is 4.74. The van der Waals surface area contributed by atoms with E-state index in [2.05, 4.69) is 24.5 Å². The number of fused-ring (bicyclic) bond motifs is 1. The van der Waals surface area contributed by atoms with Crippen LogP contribution in [0.5, 0.6) is 0 Å². The molecule has 4 atom stereocenters. The minimum absolute atomic E-state index is 0.0325. The van der Waals surface area contributed by atoms with Crippen molar-refractivity contribution in [3.63, 3.8) is 0 Å². The van der Waals surface area contributed by atoms with E-state index in [1.807, 2.05) is 41.5 Å². The Morgan fingerprint density at radius 2 is 1.65 bits per heavy atom. The summed E-state index contributed by atoms with van der Waals surface area (Å²) in [4.78, 5) is 39.2. The summed E-state index contributed by atoms with van der Waals surface area (Å²) in [5.74, 6) is -0.322. The lowest BCUT2D eigenvalue weighted by molar-refractivity contribution is -0.142. The Hall–Kier alpha value is -1.79. The van der Waals surface area contributed by atoms with Crippen molar-refractivity contribution < 1.29 is 14.4 Å². The van der Waals surface area contributed by atoms with Crippen LogP contribution in [0, 0.1) is 22.7 Å².